The Balaban J connectivity index is 1.43. The second-order valence-electron chi connectivity index (χ2n) is 9.14. The predicted octanol–water partition coefficient (Wildman–Crippen LogP) is 3.88. The summed E-state index contributed by atoms with van der Waals surface area (Å²) in [5.41, 5.74) is 3.84. The van der Waals surface area contributed by atoms with E-state index in [4.69, 9.17) is 0 Å². The Bertz CT molecular complexity index is 1260. The maximum absolute atomic E-state index is 13.3. The summed E-state index contributed by atoms with van der Waals surface area (Å²) < 4.78 is 30.1. The number of sulfonamides is 1. The highest BCUT2D eigenvalue weighted by Crippen LogP contribution is 2.28. The van der Waals surface area contributed by atoms with Crippen molar-refractivity contribution < 1.29 is 13.2 Å². The van der Waals surface area contributed by atoms with Crippen molar-refractivity contribution in [2.75, 3.05) is 19.6 Å². The summed E-state index contributed by atoms with van der Waals surface area (Å²) in [6.45, 7) is 7.28. The SMILES string of the molecule is Cc1cc(C(=O)NCCc2cnn(-c3ccccc3)c2)cc(S(=O)(=O)N2CCC(C)CC2)c1C. The van der Waals surface area contributed by atoms with Crippen LogP contribution >= 0.6 is 0 Å². The highest BCUT2D eigenvalue weighted by molar-refractivity contribution is 7.89. The molecule has 1 N–H and O–H groups in total. The number of para-hydroxylation sites is 1. The van der Waals surface area contributed by atoms with Gasteiger partial charge >= 0.3 is 0 Å². The van der Waals surface area contributed by atoms with E-state index in [1.54, 1.807) is 28.2 Å². The van der Waals surface area contributed by atoms with E-state index in [2.05, 4.69) is 17.3 Å². The molecule has 1 amide bonds. The number of carbonyl (C=O) groups excluding carboxylic acids is 1. The third-order valence-electron chi connectivity index (χ3n) is 6.60. The van der Waals surface area contributed by atoms with Crippen LogP contribution in [0.4, 0.5) is 0 Å². The minimum Gasteiger partial charge on any atom is -0.352 e. The molecule has 7 nitrogen and oxygen atoms in total. The first kappa shape index (κ1) is 24.2. The fraction of sp³-hybridized carbons (Fsp3) is 0.385. The molecule has 0 radical (unpaired) electrons. The number of hydrogen-bond donors (Lipinski definition) is 1. The summed E-state index contributed by atoms with van der Waals surface area (Å²) in [7, 11) is -3.64. The number of benzene rings is 2. The van der Waals surface area contributed by atoms with Crippen LogP contribution in [-0.4, -0.2) is 48.0 Å². The molecule has 3 aromatic rings. The number of nitrogens with zero attached hydrogens (tertiary/aromatic N) is 3. The lowest BCUT2D eigenvalue weighted by atomic mass is 10.0. The van der Waals surface area contributed by atoms with Crippen molar-refractivity contribution in [3.8, 4) is 5.69 Å². The zero-order valence-electron chi connectivity index (χ0n) is 20.0. The summed E-state index contributed by atoms with van der Waals surface area (Å²) in [5, 5.41) is 7.31. The van der Waals surface area contributed by atoms with Crippen LogP contribution in [0.2, 0.25) is 0 Å². The topological polar surface area (TPSA) is 84.3 Å². The van der Waals surface area contributed by atoms with Crippen molar-refractivity contribution in [1.29, 1.82) is 0 Å². The number of nitrogens with one attached hydrogen (secondary N) is 1. The first-order valence-corrected chi connectivity index (χ1v) is 13.2. The zero-order chi connectivity index (χ0) is 24.3. The van der Waals surface area contributed by atoms with Gasteiger partial charge in [0.05, 0.1) is 16.8 Å². The van der Waals surface area contributed by atoms with Gasteiger partial charge in [-0.1, -0.05) is 25.1 Å². The Morgan fingerprint density at radius 1 is 1.12 bits per heavy atom. The van der Waals surface area contributed by atoms with Gasteiger partial charge in [0.1, 0.15) is 0 Å². The highest BCUT2D eigenvalue weighted by atomic mass is 32.2. The molecule has 0 atom stereocenters. The Morgan fingerprint density at radius 3 is 2.53 bits per heavy atom. The van der Waals surface area contributed by atoms with Gasteiger partial charge < -0.3 is 5.32 Å². The minimum atomic E-state index is -3.64. The average molecular weight is 481 g/mol. The Kier molecular flexibility index (Phi) is 7.19. The van der Waals surface area contributed by atoms with Crippen LogP contribution in [0.5, 0.6) is 0 Å². The zero-order valence-corrected chi connectivity index (χ0v) is 20.8. The van der Waals surface area contributed by atoms with E-state index < -0.39 is 10.0 Å². The molecule has 1 aliphatic heterocycles. The average Bonchev–Trinajstić information content (AvgIpc) is 3.30. The highest BCUT2D eigenvalue weighted by Gasteiger charge is 2.30. The van der Waals surface area contributed by atoms with Crippen molar-refractivity contribution in [3.05, 3.63) is 77.1 Å². The Labute approximate surface area is 201 Å². The first-order valence-electron chi connectivity index (χ1n) is 11.7. The van der Waals surface area contributed by atoms with Gasteiger partial charge in [-0.25, -0.2) is 13.1 Å². The molecular weight excluding hydrogens is 448 g/mol. The van der Waals surface area contributed by atoms with E-state index in [0.717, 1.165) is 29.7 Å². The number of piperidine rings is 1. The van der Waals surface area contributed by atoms with Gasteiger partial charge in [-0.05, 0) is 80.0 Å². The quantitative estimate of drug-likeness (QED) is 0.556. The van der Waals surface area contributed by atoms with Crippen LogP contribution in [0.25, 0.3) is 5.69 Å². The van der Waals surface area contributed by atoms with E-state index in [-0.39, 0.29) is 10.8 Å². The van der Waals surface area contributed by atoms with E-state index in [9.17, 15) is 13.2 Å². The number of aromatic nitrogens is 2. The van der Waals surface area contributed by atoms with Crippen molar-refractivity contribution in [2.45, 2.75) is 44.9 Å². The van der Waals surface area contributed by atoms with Gasteiger partial charge in [0, 0.05) is 31.4 Å². The number of aryl methyl sites for hydroxylation is 1. The molecule has 0 bridgehead atoms. The molecule has 0 aliphatic carbocycles. The summed E-state index contributed by atoms with van der Waals surface area (Å²) in [6, 6.07) is 13.1. The number of hydrogen-bond acceptors (Lipinski definition) is 4. The molecule has 1 fully saturated rings. The molecule has 1 saturated heterocycles. The standard InChI is InChI=1S/C26H32N4O3S/c1-19-10-13-29(14-11-19)34(32,33)25-16-23(15-20(2)21(25)3)26(31)27-12-9-22-17-28-30(18-22)24-7-5-4-6-8-24/h4-8,15-19H,9-14H2,1-3H3,(H,27,31). The molecular formula is C26H32N4O3S. The van der Waals surface area contributed by atoms with Crippen molar-refractivity contribution in [1.82, 2.24) is 19.4 Å². The number of amides is 1. The van der Waals surface area contributed by atoms with Crippen molar-refractivity contribution >= 4 is 15.9 Å². The van der Waals surface area contributed by atoms with E-state index in [1.165, 1.54) is 6.07 Å². The molecule has 0 saturated carbocycles. The molecule has 0 unspecified atom stereocenters. The third-order valence-corrected chi connectivity index (χ3v) is 8.62. The van der Waals surface area contributed by atoms with Gasteiger partial charge in [0.15, 0.2) is 0 Å². The lowest BCUT2D eigenvalue weighted by Crippen LogP contribution is -2.38. The predicted molar refractivity (Wildman–Crippen MR) is 133 cm³/mol. The first-order chi connectivity index (χ1) is 16.3. The van der Waals surface area contributed by atoms with Gasteiger partial charge in [-0.2, -0.15) is 9.40 Å². The molecule has 1 aliphatic rings. The summed E-state index contributed by atoms with van der Waals surface area (Å²) in [4.78, 5) is 13.1. The van der Waals surface area contributed by atoms with Gasteiger partial charge in [0.25, 0.3) is 5.91 Å². The molecule has 8 heteroatoms. The van der Waals surface area contributed by atoms with Crippen LogP contribution in [0.15, 0.2) is 59.8 Å². The second-order valence-corrected chi connectivity index (χ2v) is 11.0. The van der Waals surface area contributed by atoms with E-state index >= 15 is 0 Å². The maximum Gasteiger partial charge on any atom is 0.251 e. The fourth-order valence-corrected chi connectivity index (χ4v) is 6.02. The lowest BCUT2D eigenvalue weighted by Gasteiger charge is -2.30. The summed E-state index contributed by atoms with van der Waals surface area (Å²) in [5.74, 6) is 0.258. The largest absolute Gasteiger partial charge is 0.352 e. The molecule has 0 spiro atoms. The monoisotopic (exact) mass is 480 g/mol. The van der Waals surface area contributed by atoms with E-state index in [0.29, 0.717) is 43.1 Å². The Hall–Kier alpha value is -2.97. The molecule has 34 heavy (non-hydrogen) atoms. The lowest BCUT2D eigenvalue weighted by molar-refractivity contribution is 0.0954. The third kappa shape index (κ3) is 5.23. The maximum atomic E-state index is 13.3. The number of carbonyl (C=O) groups is 1. The molecule has 180 valence electrons. The van der Waals surface area contributed by atoms with Gasteiger partial charge in [-0.3, -0.25) is 4.79 Å². The molecule has 2 heterocycles. The van der Waals surface area contributed by atoms with Crippen molar-refractivity contribution in [2.24, 2.45) is 5.92 Å². The molecule has 4 rings (SSSR count). The van der Waals surface area contributed by atoms with Crippen LogP contribution in [0, 0.1) is 19.8 Å². The normalized spacial score (nSPS) is 15.4. The minimum absolute atomic E-state index is 0.233. The fourth-order valence-electron chi connectivity index (χ4n) is 4.22. The second kappa shape index (κ2) is 10.1. The number of rotatable bonds is 7. The molecule has 2 aromatic carbocycles. The molecule has 1 aromatic heterocycles. The van der Waals surface area contributed by atoms with Crippen molar-refractivity contribution in [3.63, 3.8) is 0 Å². The summed E-state index contributed by atoms with van der Waals surface area (Å²) >= 11 is 0. The van der Waals surface area contributed by atoms with Gasteiger partial charge in [-0.15, -0.1) is 0 Å². The van der Waals surface area contributed by atoms with E-state index in [1.807, 2.05) is 43.5 Å². The smallest absolute Gasteiger partial charge is 0.251 e. The van der Waals surface area contributed by atoms with Crippen LogP contribution in [0.1, 0.15) is 46.8 Å². The van der Waals surface area contributed by atoms with Gasteiger partial charge in [0.2, 0.25) is 10.0 Å². The Morgan fingerprint density at radius 2 is 1.82 bits per heavy atom. The van der Waals surface area contributed by atoms with Crippen LogP contribution < -0.4 is 5.32 Å². The van der Waals surface area contributed by atoms with Crippen LogP contribution in [0.3, 0.4) is 0 Å². The summed E-state index contributed by atoms with van der Waals surface area (Å²) in [6.07, 6.45) is 6.08. The van der Waals surface area contributed by atoms with Crippen LogP contribution in [-0.2, 0) is 16.4 Å².